The highest BCUT2D eigenvalue weighted by Crippen LogP contribution is 2.16. The summed E-state index contributed by atoms with van der Waals surface area (Å²) in [6, 6.07) is 9.08. The van der Waals surface area contributed by atoms with Crippen molar-refractivity contribution in [3.8, 4) is 0 Å². The number of rotatable bonds is 5. The van der Waals surface area contributed by atoms with Crippen LogP contribution in [0.25, 0.3) is 10.9 Å². The van der Waals surface area contributed by atoms with Gasteiger partial charge >= 0.3 is 0 Å². The fraction of sp³-hybridized carbons (Fsp3) is 0.278. The predicted octanol–water partition coefficient (Wildman–Crippen LogP) is 3.43. The summed E-state index contributed by atoms with van der Waals surface area (Å²) in [5.74, 6) is 0.462. The second-order valence-electron chi connectivity index (χ2n) is 5.73. The standard InChI is InChI=1S/C18H19N3O2S/c1-3-12(2)21(18(23)13-8-9-24-11-13)10-16-19-15-7-5-4-6-14(15)17(22)20-16/h4-9,11-12H,3,10H2,1-2H3,(H,19,20,22)/t12-/m0/s1. The normalized spacial score (nSPS) is 12.2. The SMILES string of the molecule is CC[C@H](C)N(Cc1nc2ccccc2c(=O)[nH]1)C(=O)c1ccsc1. The average molecular weight is 341 g/mol. The van der Waals surface area contributed by atoms with Gasteiger partial charge in [0.05, 0.1) is 23.0 Å². The number of para-hydroxylation sites is 1. The van der Waals surface area contributed by atoms with E-state index in [1.807, 2.05) is 48.9 Å². The van der Waals surface area contributed by atoms with E-state index in [0.717, 1.165) is 6.42 Å². The van der Waals surface area contributed by atoms with Crippen LogP contribution in [0.3, 0.4) is 0 Å². The number of fused-ring (bicyclic) bond motifs is 1. The van der Waals surface area contributed by atoms with Crippen molar-refractivity contribution in [3.63, 3.8) is 0 Å². The first-order chi connectivity index (χ1) is 11.6. The fourth-order valence-corrected chi connectivity index (χ4v) is 3.20. The van der Waals surface area contributed by atoms with E-state index in [9.17, 15) is 9.59 Å². The monoisotopic (exact) mass is 341 g/mol. The largest absolute Gasteiger partial charge is 0.328 e. The van der Waals surface area contributed by atoms with Gasteiger partial charge < -0.3 is 9.88 Å². The van der Waals surface area contributed by atoms with Gasteiger partial charge in [0.25, 0.3) is 11.5 Å². The minimum absolute atomic E-state index is 0.0404. The molecule has 3 rings (SSSR count). The minimum atomic E-state index is -0.178. The Labute approximate surface area is 144 Å². The number of aromatic nitrogens is 2. The molecule has 2 aromatic heterocycles. The highest BCUT2D eigenvalue weighted by Gasteiger charge is 2.22. The number of carbonyl (C=O) groups excluding carboxylic acids is 1. The van der Waals surface area contributed by atoms with Gasteiger partial charge in [-0.05, 0) is 36.9 Å². The number of nitrogens with zero attached hydrogens (tertiary/aromatic N) is 2. The second kappa shape index (κ2) is 6.97. The van der Waals surface area contributed by atoms with E-state index in [-0.39, 0.29) is 24.1 Å². The van der Waals surface area contributed by atoms with Crippen LogP contribution in [-0.4, -0.2) is 26.8 Å². The maximum atomic E-state index is 12.8. The summed E-state index contributed by atoms with van der Waals surface area (Å²) in [6.07, 6.45) is 0.827. The molecule has 0 spiro atoms. The summed E-state index contributed by atoms with van der Waals surface area (Å²) in [5, 5.41) is 4.28. The lowest BCUT2D eigenvalue weighted by Crippen LogP contribution is -2.38. The number of thiophene rings is 1. The van der Waals surface area contributed by atoms with Crippen molar-refractivity contribution >= 4 is 28.1 Å². The van der Waals surface area contributed by atoms with Gasteiger partial charge in [0.1, 0.15) is 5.82 Å². The van der Waals surface area contributed by atoms with Crippen LogP contribution in [0.2, 0.25) is 0 Å². The van der Waals surface area contributed by atoms with Gasteiger partial charge in [-0.15, -0.1) is 0 Å². The number of carbonyl (C=O) groups is 1. The van der Waals surface area contributed by atoms with E-state index in [0.29, 0.717) is 22.3 Å². The molecule has 0 fully saturated rings. The molecule has 3 aromatic rings. The van der Waals surface area contributed by atoms with Gasteiger partial charge in [-0.2, -0.15) is 11.3 Å². The van der Waals surface area contributed by atoms with Gasteiger partial charge in [0.15, 0.2) is 0 Å². The van der Waals surface area contributed by atoms with E-state index in [2.05, 4.69) is 9.97 Å². The first kappa shape index (κ1) is 16.4. The minimum Gasteiger partial charge on any atom is -0.328 e. The summed E-state index contributed by atoms with van der Waals surface area (Å²) in [7, 11) is 0. The third kappa shape index (κ3) is 3.23. The van der Waals surface area contributed by atoms with Crippen molar-refractivity contribution in [3.05, 3.63) is 62.8 Å². The van der Waals surface area contributed by atoms with Crippen LogP contribution in [0.4, 0.5) is 0 Å². The maximum absolute atomic E-state index is 12.8. The number of nitrogens with one attached hydrogen (secondary N) is 1. The summed E-state index contributed by atoms with van der Waals surface area (Å²) in [4.78, 5) is 34.1. The van der Waals surface area contributed by atoms with Crippen molar-refractivity contribution < 1.29 is 4.79 Å². The smallest absolute Gasteiger partial charge is 0.258 e. The van der Waals surface area contributed by atoms with Crippen LogP contribution in [0.15, 0.2) is 45.9 Å². The van der Waals surface area contributed by atoms with Crippen LogP contribution >= 0.6 is 11.3 Å². The molecule has 0 saturated heterocycles. The van der Waals surface area contributed by atoms with Crippen molar-refractivity contribution in [2.45, 2.75) is 32.9 Å². The van der Waals surface area contributed by atoms with E-state index in [1.165, 1.54) is 11.3 Å². The molecule has 1 amide bonds. The van der Waals surface area contributed by atoms with Gasteiger partial charge in [-0.1, -0.05) is 19.1 Å². The number of H-pyrrole nitrogens is 1. The lowest BCUT2D eigenvalue weighted by atomic mass is 10.2. The molecular weight excluding hydrogens is 322 g/mol. The predicted molar refractivity (Wildman–Crippen MR) is 96.3 cm³/mol. The Balaban J connectivity index is 1.96. The molecule has 0 aliphatic heterocycles. The first-order valence-corrected chi connectivity index (χ1v) is 8.85. The number of hydrogen-bond acceptors (Lipinski definition) is 4. The zero-order chi connectivity index (χ0) is 17.1. The second-order valence-corrected chi connectivity index (χ2v) is 6.51. The Kier molecular flexibility index (Phi) is 4.76. The van der Waals surface area contributed by atoms with Crippen molar-refractivity contribution in [2.75, 3.05) is 0 Å². The molecule has 1 aromatic carbocycles. The Bertz CT molecular complexity index is 902. The lowest BCUT2D eigenvalue weighted by molar-refractivity contribution is 0.0666. The number of amides is 1. The molecule has 0 aliphatic rings. The molecule has 0 unspecified atom stereocenters. The fourth-order valence-electron chi connectivity index (χ4n) is 2.57. The molecular formula is C18H19N3O2S. The Morgan fingerprint density at radius 2 is 2.12 bits per heavy atom. The van der Waals surface area contributed by atoms with Crippen LogP contribution in [-0.2, 0) is 6.54 Å². The van der Waals surface area contributed by atoms with Crippen LogP contribution in [0.5, 0.6) is 0 Å². The number of hydrogen-bond donors (Lipinski definition) is 1. The van der Waals surface area contributed by atoms with Gasteiger partial charge in [0, 0.05) is 11.4 Å². The average Bonchev–Trinajstić information content (AvgIpc) is 3.13. The number of benzene rings is 1. The molecule has 124 valence electrons. The summed E-state index contributed by atoms with van der Waals surface area (Å²) in [6.45, 7) is 4.32. The summed E-state index contributed by atoms with van der Waals surface area (Å²) < 4.78 is 0. The maximum Gasteiger partial charge on any atom is 0.258 e. The summed E-state index contributed by atoms with van der Waals surface area (Å²) in [5.41, 5.74) is 1.13. The number of aromatic amines is 1. The molecule has 6 heteroatoms. The molecule has 24 heavy (non-hydrogen) atoms. The van der Waals surface area contributed by atoms with Crippen LogP contribution in [0.1, 0.15) is 36.5 Å². The third-order valence-corrected chi connectivity index (χ3v) is 4.82. The lowest BCUT2D eigenvalue weighted by Gasteiger charge is -2.28. The summed E-state index contributed by atoms with van der Waals surface area (Å²) >= 11 is 1.49. The van der Waals surface area contributed by atoms with Gasteiger partial charge in [-0.3, -0.25) is 9.59 Å². The highest BCUT2D eigenvalue weighted by atomic mass is 32.1. The molecule has 0 aliphatic carbocycles. The quantitative estimate of drug-likeness (QED) is 0.773. The Hall–Kier alpha value is -2.47. The molecule has 0 bridgehead atoms. The molecule has 1 atom stereocenters. The topological polar surface area (TPSA) is 66.1 Å². The van der Waals surface area contributed by atoms with Gasteiger partial charge in [0.2, 0.25) is 0 Å². The zero-order valence-corrected chi connectivity index (χ0v) is 14.5. The van der Waals surface area contributed by atoms with Gasteiger partial charge in [-0.25, -0.2) is 4.98 Å². The van der Waals surface area contributed by atoms with E-state index >= 15 is 0 Å². The molecule has 2 heterocycles. The highest BCUT2D eigenvalue weighted by molar-refractivity contribution is 7.08. The first-order valence-electron chi connectivity index (χ1n) is 7.91. The van der Waals surface area contributed by atoms with Crippen LogP contribution in [0, 0.1) is 0 Å². The van der Waals surface area contributed by atoms with Crippen molar-refractivity contribution in [2.24, 2.45) is 0 Å². The Morgan fingerprint density at radius 3 is 2.83 bits per heavy atom. The van der Waals surface area contributed by atoms with Crippen molar-refractivity contribution in [1.29, 1.82) is 0 Å². The van der Waals surface area contributed by atoms with Crippen LogP contribution < -0.4 is 5.56 Å². The third-order valence-electron chi connectivity index (χ3n) is 4.13. The molecule has 1 N–H and O–H groups in total. The van der Waals surface area contributed by atoms with Crippen molar-refractivity contribution in [1.82, 2.24) is 14.9 Å². The van der Waals surface area contributed by atoms with E-state index < -0.39 is 0 Å². The Morgan fingerprint density at radius 1 is 1.33 bits per heavy atom. The van der Waals surface area contributed by atoms with E-state index in [4.69, 9.17) is 0 Å². The zero-order valence-electron chi connectivity index (χ0n) is 13.7. The molecule has 0 saturated carbocycles. The molecule has 5 nitrogen and oxygen atoms in total. The van der Waals surface area contributed by atoms with E-state index in [1.54, 1.807) is 11.0 Å². The molecule has 0 radical (unpaired) electrons.